The summed E-state index contributed by atoms with van der Waals surface area (Å²) in [6, 6.07) is 16.1. The molecule has 3 aromatic rings. The highest BCUT2D eigenvalue weighted by atomic mass is 35.5. The minimum Gasteiger partial charge on any atom is -0.366 e. The molecule has 0 radical (unpaired) electrons. The quantitative estimate of drug-likeness (QED) is 0.143. The Balaban J connectivity index is 1.34. The van der Waals surface area contributed by atoms with Gasteiger partial charge in [0.05, 0.1) is 5.69 Å². The lowest BCUT2D eigenvalue weighted by molar-refractivity contribution is 0.0746. The molecule has 1 amide bonds. The number of para-hydroxylation sites is 1. The van der Waals surface area contributed by atoms with Crippen molar-refractivity contribution >= 4 is 40.8 Å². The van der Waals surface area contributed by atoms with E-state index in [4.69, 9.17) is 11.6 Å². The number of amides is 1. The number of benzene rings is 2. The fourth-order valence-corrected chi connectivity index (χ4v) is 5.15. The van der Waals surface area contributed by atoms with Crippen LogP contribution >= 0.6 is 23.4 Å². The molecule has 4 rings (SSSR count). The number of anilines is 2. The van der Waals surface area contributed by atoms with Crippen LogP contribution < -0.4 is 9.80 Å². The highest BCUT2D eigenvalue weighted by Gasteiger charge is 2.23. The van der Waals surface area contributed by atoms with E-state index >= 15 is 0 Å². The van der Waals surface area contributed by atoms with E-state index in [1.165, 1.54) is 17.8 Å². The largest absolute Gasteiger partial charge is 0.366 e. The monoisotopic (exact) mass is 537 g/mol. The van der Waals surface area contributed by atoms with Crippen molar-refractivity contribution in [3.63, 3.8) is 0 Å². The summed E-state index contributed by atoms with van der Waals surface area (Å²) in [5, 5.41) is 0.954. The van der Waals surface area contributed by atoms with Crippen LogP contribution in [0.25, 0.3) is 0 Å². The van der Waals surface area contributed by atoms with Crippen molar-refractivity contribution in [1.29, 1.82) is 0 Å². The summed E-state index contributed by atoms with van der Waals surface area (Å²) in [5.74, 6) is 1.11. The van der Waals surface area contributed by atoms with Crippen LogP contribution in [0.1, 0.15) is 15.9 Å². The Bertz CT molecular complexity index is 1240. The number of hydrogen-bond acceptors (Lipinski definition) is 6. The number of piperazine rings is 1. The predicted molar refractivity (Wildman–Crippen MR) is 150 cm³/mol. The minimum absolute atomic E-state index is 0.0141. The van der Waals surface area contributed by atoms with Crippen molar-refractivity contribution in [2.45, 2.75) is 10.9 Å². The van der Waals surface area contributed by atoms with Crippen molar-refractivity contribution in [2.75, 3.05) is 49.1 Å². The second kappa shape index (κ2) is 12.7. The van der Waals surface area contributed by atoms with Crippen LogP contribution in [0.5, 0.6) is 0 Å². The first-order valence-electron chi connectivity index (χ1n) is 12.0. The third kappa shape index (κ3) is 6.90. The highest BCUT2D eigenvalue weighted by Crippen LogP contribution is 2.25. The predicted octanol–water partition coefficient (Wildman–Crippen LogP) is 5.70. The third-order valence-electron chi connectivity index (χ3n) is 6.01. The Labute approximate surface area is 226 Å². The van der Waals surface area contributed by atoms with Crippen LogP contribution in [-0.4, -0.2) is 60.0 Å². The zero-order valence-corrected chi connectivity index (χ0v) is 22.1. The molecule has 0 atom stereocenters. The van der Waals surface area contributed by atoms with E-state index in [-0.39, 0.29) is 11.7 Å². The van der Waals surface area contributed by atoms with E-state index in [2.05, 4.69) is 23.1 Å². The van der Waals surface area contributed by atoms with Crippen LogP contribution in [-0.2, 0) is 5.75 Å². The first-order chi connectivity index (χ1) is 18.0. The Morgan fingerprint density at radius 1 is 1.03 bits per heavy atom. The number of aromatic nitrogens is 2. The van der Waals surface area contributed by atoms with Crippen molar-refractivity contribution in [3.8, 4) is 0 Å². The summed E-state index contributed by atoms with van der Waals surface area (Å²) in [6.45, 7) is 11.1. The summed E-state index contributed by atoms with van der Waals surface area (Å²) in [4.78, 5) is 27.8. The van der Waals surface area contributed by atoms with Gasteiger partial charge < -0.3 is 14.7 Å². The summed E-state index contributed by atoms with van der Waals surface area (Å²) >= 11 is 7.73. The molecule has 2 heterocycles. The molecule has 37 heavy (non-hydrogen) atoms. The van der Waals surface area contributed by atoms with Gasteiger partial charge in [0.2, 0.25) is 0 Å². The van der Waals surface area contributed by atoms with Gasteiger partial charge in [0.1, 0.15) is 16.8 Å². The highest BCUT2D eigenvalue weighted by molar-refractivity contribution is 7.98. The smallest absolute Gasteiger partial charge is 0.253 e. The number of halogens is 2. The van der Waals surface area contributed by atoms with Gasteiger partial charge in [-0.15, -0.1) is 13.2 Å². The second-order valence-corrected chi connectivity index (χ2v) is 9.86. The average molecular weight is 538 g/mol. The molecule has 0 aliphatic carbocycles. The Morgan fingerprint density at radius 2 is 1.70 bits per heavy atom. The molecule has 0 bridgehead atoms. The first kappa shape index (κ1) is 26.7. The van der Waals surface area contributed by atoms with Crippen molar-refractivity contribution in [2.24, 2.45) is 0 Å². The Hall–Kier alpha value is -3.36. The molecular weight excluding hydrogens is 509 g/mol. The normalized spacial score (nSPS) is 13.4. The molecule has 0 spiro atoms. The molecule has 2 aromatic carbocycles. The van der Waals surface area contributed by atoms with Gasteiger partial charge in [-0.25, -0.2) is 14.4 Å². The molecule has 1 fully saturated rings. The van der Waals surface area contributed by atoms with Gasteiger partial charge in [0.25, 0.3) is 5.91 Å². The lowest BCUT2D eigenvalue weighted by atomic mass is 10.1. The van der Waals surface area contributed by atoms with Gasteiger partial charge in [-0.1, -0.05) is 59.8 Å². The fourth-order valence-electron chi connectivity index (χ4n) is 4.12. The van der Waals surface area contributed by atoms with E-state index in [1.807, 2.05) is 45.0 Å². The molecule has 0 N–H and O–H groups in total. The molecule has 0 saturated carbocycles. The standard InChI is InChI=1S/C28H29ClFN5OS/c1-3-13-34(14-4-2)26-19-25(29)31-28(32-26)37-20-21-9-11-22(12-10-21)27(36)35-17-15-33(16-18-35)24-8-6-5-7-23(24)30/h3-12,19H,1-2,13-18,20H2. The van der Waals surface area contributed by atoms with Crippen LogP contribution in [0.15, 0.2) is 85.1 Å². The summed E-state index contributed by atoms with van der Waals surface area (Å²) in [7, 11) is 0. The lowest BCUT2D eigenvalue weighted by Gasteiger charge is -2.36. The number of rotatable bonds is 10. The summed E-state index contributed by atoms with van der Waals surface area (Å²) < 4.78 is 14.1. The van der Waals surface area contributed by atoms with Gasteiger partial charge in [0.15, 0.2) is 5.16 Å². The number of hydrogen-bond donors (Lipinski definition) is 0. The second-order valence-electron chi connectivity index (χ2n) is 8.53. The Kier molecular flexibility index (Phi) is 9.19. The van der Waals surface area contributed by atoms with Gasteiger partial charge in [0, 0.05) is 56.7 Å². The van der Waals surface area contributed by atoms with Gasteiger partial charge >= 0.3 is 0 Å². The molecule has 1 saturated heterocycles. The molecule has 192 valence electrons. The van der Waals surface area contributed by atoms with Crippen LogP contribution in [0.3, 0.4) is 0 Å². The maximum absolute atomic E-state index is 14.1. The van der Waals surface area contributed by atoms with E-state index in [0.29, 0.717) is 66.6 Å². The zero-order chi connectivity index (χ0) is 26.2. The van der Waals surface area contributed by atoms with E-state index in [1.54, 1.807) is 30.4 Å². The van der Waals surface area contributed by atoms with Crippen molar-refractivity contribution < 1.29 is 9.18 Å². The van der Waals surface area contributed by atoms with Crippen LogP contribution in [0.2, 0.25) is 5.15 Å². The van der Waals surface area contributed by atoms with E-state index in [9.17, 15) is 9.18 Å². The Morgan fingerprint density at radius 3 is 2.35 bits per heavy atom. The van der Waals surface area contributed by atoms with Gasteiger partial charge in [-0.05, 0) is 29.8 Å². The minimum atomic E-state index is -0.235. The number of nitrogens with zero attached hydrogens (tertiary/aromatic N) is 5. The SMILES string of the molecule is C=CCN(CC=C)c1cc(Cl)nc(SCc2ccc(C(=O)N3CCN(c4ccccc4F)CC3)cc2)n1. The maximum Gasteiger partial charge on any atom is 0.253 e. The molecule has 9 heteroatoms. The summed E-state index contributed by atoms with van der Waals surface area (Å²) in [6.07, 6.45) is 3.61. The molecule has 1 aliphatic heterocycles. The number of carbonyl (C=O) groups is 1. The first-order valence-corrected chi connectivity index (χ1v) is 13.4. The van der Waals surface area contributed by atoms with E-state index in [0.717, 1.165) is 11.4 Å². The number of carbonyl (C=O) groups excluding carboxylic acids is 1. The van der Waals surface area contributed by atoms with Crippen LogP contribution in [0, 0.1) is 5.82 Å². The maximum atomic E-state index is 14.1. The molecule has 6 nitrogen and oxygen atoms in total. The van der Waals surface area contributed by atoms with Gasteiger partial charge in [-0.3, -0.25) is 4.79 Å². The molecule has 1 aromatic heterocycles. The van der Waals surface area contributed by atoms with E-state index < -0.39 is 0 Å². The molecular formula is C28H29ClFN5OS. The van der Waals surface area contributed by atoms with Gasteiger partial charge in [-0.2, -0.15) is 0 Å². The summed E-state index contributed by atoms with van der Waals surface area (Å²) in [5.41, 5.74) is 2.27. The zero-order valence-electron chi connectivity index (χ0n) is 20.5. The fraction of sp³-hybridized carbons (Fsp3) is 0.250. The van der Waals surface area contributed by atoms with Crippen molar-refractivity contribution in [1.82, 2.24) is 14.9 Å². The number of thioether (sulfide) groups is 1. The molecule has 0 unspecified atom stereocenters. The molecule has 1 aliphatic rings. The average Bonchev–Trinajstić information content (AvgIpc) is 2.92. The van der Waals surface area contributed by atoms with Crippen molar-refractivity contribution in [3.05, 3.63) is 102 Å². The van der Waals surface area contributed by atoms with Crippen LogP contribution in [0.4, 0.5) is 15.9 Å². The lowest BCUT2D eigenvalue weighted by Crippen LogP contribution is -2.49. The third-order valence-corrected chi connectivity index (χ3v) is 7.12. The topological polar surface area (TPSA) is 52.6 Å².